The van der Waals surface area contributed by atoms with Gasteiger partial charge in [0.05, 0.1) is 25.2 Å². The van der Waals surface area contributed by atoms with E-state index < -0.39 is 0 Å². The van der Waals surface area contributed by atoms with Crippen molar-refractivity contribution >= 4 is 16.9 Å². The molecule has 8 nitrogen and oxygen atoms in total. The Morgan fingerprint density at radius 3 is 2.47 bits per heavy atom. The monoisotopic (exact) mass is 438 g/mol. The average Bonchev–Trinajstić information content (AvgIpc) is 2.82. The highest BCUT2D eigenvalue weighted by Gasteiger charge is 2.19. The lowest BCUT2D eigenvalue weighted by Crippen LogP contribution is -2.48. The van der Waals surface area contributed by atoms with E-state index in [1.807, 2.05) is 7.05 Å². The van der Waals surface area contributed by atoms with Gasteiger partial charge in [0.1, 0.15) is 17.6 Å². The zero-order valence-corrected chi connectivity index (χ0v) is 18.4. The molecule has 0 N–H and O–H groups in total. The molecule has 0 saturated carbocycles. The molecule has 8 heteroatoms. The van der Waals surface area contributed by atoms with E-state index in [1.54, 1.807) is 55.5 Å². The van der Waals surface area contributed by atoms with E-state index in [9.17, 15) is 9.59 Å². The van der Waals surface area contributed by atoms with Crippen molar-refractivity contribution in [2.45, 2.75) is 0 Å². The van der Waals surface area contributed by atoms with Crippen LogP contribution in [0.5, 0.6) is 17.2 Å². The maximum Gasteiger partial charge on any atom is 0.260 e. The van der Waals surface area contributed by atoms with Gasteiger partial charge in [-0.05, 0) is 36.9 Å². The molecule has 0 bridgehead atoms. The van der Waals surface area contributed by atoms with Crippen molar-refractivity contribution in [2.24, 2.45) is 0 Å². The number of benzene rings is 2. The van der Waals surface area contributed by atoms with Crippen LogP contribution in [0.25, 0.3) is 22.1 Å². The molecular formula is C24H26N2O6. The third-order valence-electron chi connectivity index (χ3n) is 5.66. The van der Waals surface area contributed by atoms with Gasteiger partial charge in [-0.15, -0.1) is 0 Å². The van der Waals surface area contributed by atoms with Gasteiger partial charge in [0.2, 0.25) is 0 Å². The van der Waals surface area contributed by atoms with E-state index in [1.165, 1.54) is 6.26 Å². The fraction of sp³-hybridized carbons (Fsp3) is 0.333. The molecule has 1 amide bonds. The molecule has 2 heterocycles. The molecule has 1 aliphatic rings. The summed E-state index contributed by atoms with van der Waals surface area (Å²) >= 11 is 0. The fourth-order valence-electron chi connectivity index (χ4n) is 3.69. The minimum absolute atomic E-state index is 0.0524. The summed E-state index contributed by atoms with van der Waals surface area (Å²) in [6.07, 6.45) is 1.42. The number of ether oxygens (including phenoxy) is 3. The average molecular weight is 438 g/mol. The van der Waals surface area contributed by atoms with E-state index in [4.69, 9.17) is 18.6 Å². The van der Waals surface area contributed by atoms with Gasteiger partial charge in [0, 0.05) is 32.2 Å². The first-order valence-corrected chi connectivity index (χ1v) is 10.4. The molecule has 4 rings (SSSR count). The van der Waals surface area contributed by atoms with Crippen LogP contribution in [-0.2, 0) is 4.79 Å². The van der Waals surface area contributed by atoms with Gasteiger partial charge in [-0.25, -0.2) is 0 Å². The van der Waals surface area contributed by atoms with Crippen LogP contribution in [0.4, 0.5) is 0 Å². The Labute approximate surface area is 185 Å². The molecule has 0 aliphatic carbocycles. The number of carbonyl (C=O) groups is 1. The Morgan fingerprint density at radius 2 is 1.75 bits per heavy atom. The number of nitrogens with zero attached hydrogens (tertiary/aromatic N) is 2. The molecule has 168 valence electrons. The second kappa shape index (κ2) is 9.32. The summed E-state index contributed by atoms with van der Waals surface area (Å²) in [4.78, 5) is 29.4. The third kappa shape index (κ3) is 4.40. The van der Waals surface area contributed by atoms with Crippen molar-refractivity contribution in [3.05, 3.63) is 52.9 Å². The topological polar surface area (TPSA) is 81.5 Å². The number of fused-ring (bicyclic) bond motifs is 1. The van der Waals surface area contributed by atoms with Gasteiger partial charge in [-0.3, -0.25) is 9.59 Å². The van der Waals surface area contributed by atoms with Gasteiger partial charge < -0.3 is 28.4 Å². The summed E-state index contributed by atoms with van der Waals surface area (Å²) in [5.74, 6) is 1.53. The number of methoxy groups -OCH3 is 2. The van der Waals surface area contributed by atoms with Crippen LogP contribution in [0.15, 0.2) is 51.9 Å². The number of hydrogen-bond acceptors (Lipinski definition) is 7. The Balaban J connectivity index is 1.52. The quantitative estimate of drug-likeness (QED) is 0.585. The van der Waals surface area contributed by atoms with Gasteiger partial charge in [-0.1, -0.05) is 6.07 Å². The predicted molar refractivity (Wildman–Crippen MR) is 121 cm³/mol. The first-order chi connectivity index (χ1) is 15.5. The minimum Gasteiger partial charge on any atom is -0.493 e. The van der Waals surface area contributed by atoms with Crippen LogP contribution in [0.2, 0.25) is 0 Å². The largest absolute Gasteiger partial charge is 0.493 e. The first kappa shape index (κ1) is 21.7. The van der Waals surface area contributed by atoms with Crippen molar-refractivity contribution in [3.63, 3.8) is 0 Å². The summed E-state index contributed by atoms with van der Waals surface area (Å²) in [5.41, 5.74) is 1.30. The summed E-state index contributed by atoms with van der Waals surface area (Å²) < 4.78 is 22.0. The Hall–Kier alpha value is -3.52. The number of piperazine rings is 1. The Bertz CT molecular complexity index is 1180. The van der Waals surface area contributed by atoms with Crippen LogP contribution in [0, 0.1) is 0 Å². The van der Waals surface area contributed by atoms with Gasteiger partial charge in [-0.2, -0.15) is 0 Å². The summed E-state index contributed by atoms with van der Waals surface area (Å²) in [6, 6.07) is 10.2. The van der Waals surface area contributed by atoms with Crippen LogP contribution >= 0.6 is 0 Å². The molecule has 1 fully saturated rings. The molecule has 0 unspecified atom stereocenters. The SMILES string of the molecule is COc1ccc(-c2coc3cc(OCC(=O)N4CCN(C)CC4)ccc3c2=O)cc1OC. The number of likely N-dealkylation sites (N-methyl/N-ethyl adjacent to an activating group) is 1. The lowest BCUT2D eigenvalue weighted by atomic mass is 10.0. The zero-order valence-electron chi connectivity index (χ0n) is 18.4. The molecule has 0 atom stereocenters. The molecule has 3 aromatic rings. The highest BCUT2D eigenvalue weighted by Crippen LogP contribution is 2.32. The molecule has 1 saturated heterocycles. The van der Waals surface area contributed by atoms with E-state index >= 15 is 0 Å². The molecule has 0 spiro atoms. The molecule has 2 aromatic carbocycles. The Morgan fingerprint density at radius 1 is 1.00 bits per heavy atom. The van der Waals surface area contributed by atoms with Gasteiger partial charge in [0.15, 0.2) is 23.5 Å². The summed E-state index contributed by atoms with van der Waals surface area (Å²) in [6.45, 7) is 3.06. The number of hydrogen-bond donors (Lipinski definition) is 0. The highest BCUT2D eigenvalue weighted by molar-refractivity contribution is 5.83. The van der Waals surface area contributed by atoms with E-state index in [0.717, 1.165) is 13.1 Å². The predicted octanol–water partition coefficient (Wildman–Crippen LogP) is 2.63. The lowest BCUT2D eigenvalue weighted by molar-refractivity contribution is -0.134. The van der Waals surface area contributed by atoms with Crippen LogP contribution in [0.3, 0.4) is 0 Å². The van der Waals surface area contributed by atoms with Crippen LogP contribution in [0.1, 0.15) is 0 Å². The summed E-state index contributed by atoms with van der Waals surface area (Å²) in [5, 5.41) is 0.426. The number of amides is 1. The van der Waals surface area contributed by atoms with Gasteiger partial charge in [0.25, 0.3) is 5.91 Å². The van der Waals surface area contributed by atoms with Crippen molar-refractivity contribution in [1.29, 1.82) is 0 Å². The van der Waals surface area contributed by atoms with E-state index in [-0.39, 0.29) is 17.9 Å². The Kier molecular flexibility index (Phi) is 6.32. The molecular weight excluding hydrogens is 412 g/mol. The second-order valence-corrected chi connectivity index (χ2v) is 7.68. The number of carbonyl (C=O) groups excluding carboxylic acids is 1. The fourth-order valence-corrected chi connectivity index (χ4v) is 3.69. The first-order valence-electron chi connectivity index (χ1n) is 10.4. The molecule has 1 aliphatic heterocycles. The smallest absolute Gasteiger partial charge is 0.260 e. The lowest BCUT2D eigenvalue weighted by Gasteiger charge is -2.32. The second-order valence-electron chi connectivity index (χ2n) is 7.68. The normalized spacial score (nSPS) is 14.4. The highest BCUT2D eigenvalue weighted by atomic mass is 16.5. The standard InChI is InChI=1S/C24H26N2O6/c1-25-8-10-26(11-9-25)23(27)15-31-17-5-6-18-21(13-17)32-14-19(24(18)28)16-4-7-20(29-2)22(12-16)30-3/h4-7,12-14H,8-11,15H2,1-3H3. The molecule has 0 radical (unpaired) electrons. The zero-order chi connectivity index (χ0) is 22.7. The summed E-state index contributed by atoms with van der Waals surface area (Å²) in [7, 11) is 5.14. The van der Waals surface area contributed by atoms with E-state index in [2.05, 4.69) is 4.90 Å². The van der Waals surface area contributed by atoms with Crippen molar-refractivity contribution in [2.75, 3.05) is 54.1 Å². The number of rotatable bonds is 6. The molecule has 1 aromatic heterocycles. The van der Waals surface area contributed by atoms with Crippen LogP contribution in [-0.4, -0.2) is 69.8 Å². The van der Waals surface area contributed by atoms with Crippen molar-refractivity contribution < 1.29 is 23.4 Å². The van der Waals surface area contributed by atoms with Gasteiger partial charge >= 0.3 is 0 Å². The van der Waals surface area contributed by atoms with E-state index in [0.29, 0.717) is 52.4 Å². The van der Waals surface area contributed by atoms with Crippen molar-refractivity contribution in [1.82, 2.24) is 9.80 Å². The minimum atomic E-state index is -0.168. The molecule has 32 heavy (non-hydrogen) atoms. The maximum atomic E-state index is 13.1. The third-order valence-corrected chi connectivity index (χ3v) is 5.66. The maximum absolute atomic E-state index is 13.1. The van der Waals surface area contributed by atoms with Crippen molar-refractivity contribution in [3.8, 4) is 28.4 Å². The van der Waals surface area contributed by atoms with Crippen LogP contribution < -0.4 is 19.6 Å².